The van der Waals surface area contributed by atoms with Gasteiger partial charge in [-0.05, 0) is 42.7 Å². The third kappa shape index (κ3) is 2.46. The van der Waals surface area contributed by atoms with Crippen LogP contribution >= 0.6 is 0 Å². The molecule has 1 heteroatoms. The maximum absolute atomic E-state index is 10.0. The van der Waals surface area contributed by atoms with Gasteiger partial charge in [0.05, 0.1) is 6.10 Å². The molecule has 0 aliphatic heterocycles. The number of aryl methyl sites for hydroxylation is 1. The van der Waals surface area contributed by atoms with Gasteiger partial charge in [0.15, 0.2) is 0 Å². The summed E-state index contributed by atoms with van der Waals surface area (Å²) < 4.78 is 0. The predicted molar refractivity (Wildman–Crippen MR) is 66.0 cm³/mol. The fourth-order valence-electron chi connectivity index (χ4n) is 2.52. The number of aliphatic hydroxyl groups excluding tert-OH is 1. The Balaban J connectivity index is 2.00. The Morgan fingerprint density at radius 3 is 2.88 bits per heavy atom. The lowest BCUT2D eigenvalue weighted by molar-refractivity contribution is 0.0922. The molecule has 84 valence electrons. The van der Waals surface area contributed by atoms with Gasteiger partial charge in [0, 0.05) is 6.42 Å². The lowest BCUT2D eigenvalue weighted by atomic mass is 9.80. The van der Waals surface area contributed by atoms with Gasteiger partial charge in [0.2, 0.25) is 0 Å². The Morgan fingerprint density at radius 2 is 2.12 bits per heavy atom. The van der Waals surface area contributed by atoms with Crippen LogP contribution in [0.15, 0.2) is 24.3 Å². The molecule has 0 fully saturated rings. The van der Waals surface area contributed by atoms with E-state index in [1.54, 1.807) is 0 Å². The minimum absolute atomic E-state index is 0.232. The van der Waals surface area contributed by atoms with Gasteiger partial charge in [0.25, 0.3) is 0 Å². The van der Waals surface area contributed by atoms with Gasteiger partial charge in [-0.1, -0.05) is 24.3 Å². The zero-order chi connectivity index (χ0) is 11.4. The maximum Gasteiger partial charge on any atom is 0.0580 e. The smallest absolute Gasteiger partial charge is 0.0580 e. The summed E-state index contributed by atoms with van der Waals surface area (Å²) in [5.74, 6) is 2.99. The minimum atomic E-state index is -0.232. The van der Waals surface area contributed by atoms with Crippen molar-refractivity contribution in [1.82, 2.24) is 0 Å². The fraction of sp³-hybridized carbons (Fsp3) is 0.467. The van der Waals surface area contributed by atoms with E-state index < -0.39 is 0 Å². The average molecular weight is 214 g/mol. The first kappa shape index (κ1) is 11.2. The predicted octanol–water partition coefficient (Wildman–Crippen LogP) is 2.57. The number of hydrogen-bond donors (Lipinski definition) is 1. The van der Waals surface area contributed by atoms with E-state index in [-0.39, 0.29) is 6.10 Å². The van der Waals surface area contributed by atoms with Gasteiger partial charge in [-0.15, -0.1) is 12.3 Å². The molecule has 2 unspecified atom stereocenters. The molecule has 0 aromatic heterocycles. The molecule has 0 heterocycles. The fourth-order valence-corrected chi connectivity index (χ4v) is 2.52. The summed E-state index contributed by atoms with van der Waals surface area (Å²) in [6, 6.07) is 8.54. The van der Waals surface area contributed by atoms with Gasteiger partial charge < -0.3 is 5.11 Å². The van der Waals surface area contributed by atoms with E-state index in [0.29, 0.717) is 12.3 Å². The largest absolute Gasteiger partial charge is 0.393 e. The van der Waals surface area contributed by atoms with Crippen LogP contribution in [0.2, 0.25) is 0 Å². The van der Waals surface area contributed by atoms with Gasteiger partial charge in [0.1, 0.15) is 0 Å². The van der Waals surface area contributed by atoms with Crippen molar-refractivity contribution in [3.63, 3.8) is 0 Å². The van der Waals surface area contributed by atoms with Crippen molar-refractivity contribution in [2.24, 2.45) is 5.92 Å². The third-order valence-corrected chi connectivity index (χ3v) is 3.51. The van der Waals surface area contributed by atoms with Crippen molar-refractivity contribution in [3.05, 3.63) is 35.4 Å². The van der Waals surface area contributed by atoms with Crippen molar-refractivity contribution in [2.45, 2.75) is 38.2 Å². The number of fused-ring (bicyclic) bond motifs is 1. The van der Waals surface area contributed by atoms with E-state index in [2.05, 4.69) is 30.2 Å². The first-order chi connectivity index (χ1) is 7.81. The summed E-state index contributed by atoms with van der Waals surface area (Å²) in [6.45, 7) is 0. The van der Waals surface area contributed by atoms with E-state index in [0.717, 1.165) is 25.7 Å². The van der Waals surface area contributed by atoms with E-state index in [1.807, 2.05) is 0 Å². The van der Waals surface area contributed by atoms with Crippen LogP contribution in [-0.2, 0) is 12.8 Å². The monoisotopic (exact) mass is 214 g/mol. The van der Waals surface area contributed by atoms with Crippen molar-refractivity contribution >= 4 is 0 Å². The molecule has 2 rings (SSSR count). The number of rotatable bonds is 3. The van der Waals surface area contributed by atoms with E-state index in [9.17, 15) is 5.11 Å². The number of benzene rings is 1. The van der Waals surface area contributed by atoms with Crippen molar-refractivity contribution in [1.29, 1.82) is 0 Å². The highest BCUT2D eigenvalue weighted by Gasteiger charge is 2.23. The van der Waals surface area contributed by atoms with Crippen LogP contribution in [0.5, 0.6) is 0 Å². The van der Waals surface area contributed by atoms with E-state index in [4.69, 9.17) is 6.42 Å². The molecule has 1 N–H and O–H groups in total. The minimum Gasteiger partial charge on any atom is -0.393 e. The Bertz CT molecular complexity index is 389. The average Bonchev–Trinajstić information content (AvgIpc) is 2.35. The SMILES string of the molecule is C#CCCC(O)C1CCc2ccccc2C1. The maximum atomic E-state index is 10.0. The molecule has 1 aliphatic rings. The molecule has 0 spiro atoms. The van der Waals surface area contributed by atoms with E-state index >= 15 is 0 Å². The van der Waals surface area contributed by atoms with Crippen LogP contribution in [0.3, 0.4) is 0 Å². The first-order valence-corrected chi connectivity index (χ1v) is 5.99. The van der Waals surface area contributed by atoms with Crippen LogP contribution < -0.4 is 0 Å². The summed E-state index contributed by atoms with van der Waals surface area (Å²) in [6.07, 6.45) is 9.59. The second-order valence-corrected chi connectivity index (χ2v) is 4.58. The summed E-state index contributed by atoms with van der Waals surface area (Å²) >= 11 is 0. The Hall–Kier alpha value is -1.26. The lowest BCUT2D eigenvalue weighted by Crippen LogP contribution is -2.26. The number of hydrogen-bond acceptors (Lipinski definition) is 1. The Labute approximate surface area is 97.5 Å². The molecule has 16 heavy (non-hydrogen) atoms. The van der Waals surface area contributed by atoms with Crippen molar-refractivity contribution in [3.8, 4) is 12.3 Å². The van der Waals surface area contributed by atoms with Crippen LogP contribution in [0.25, 0.3) is 0 Å². The summed E-state index contributed by atoms with van der Waals surface area (Å²) in [7, 11) is 0. The zero-order valence-electron chi connectivity index (χ0n) is 9.52. The van der Waals surface area contributed by atoms with Gasteiger partial charge in [-0.2, -0.15) is 0 Å². The highest BCUT2D eigenvalue weighted by molar-refractivity contribution is 5.29. The van der Waals surface area contributed by atoms with Crippen LogP contribution in [0.4, 0.5) is 0 Å². The first-order valence-electron chi connectivity index (χ1n) is 5.99. The Morgan fingerprint density at radius 1 is 1.38 bits per heavy atom. The lowest BCUT2D eigenvalue weighted by Gasteiger charge is -2.28. The van der Waals surface area contributed by atoms with Gasteiger partial charge in [-0.25, -0.2) is 0 Å². The Kier molecular flexibility index (Phi) is 3.64. The molecular formula is C15H18O. The molecule has 0 amide bonds. The highest BCUT2D eigenvalue weighted by Crippen LogP contribution is 2.28. The molecule has 2 atom stereocenters. The molecule has 1 aromatic carbocycles. The summed E-state index contributed by atoms with van der Waals surface area (Å²) in [5, 5.41) is 10.0. The van der Waals surface area contributed by atoms with Crippen molar-refractivity contribution < 1.29 is 5.11 Å². The number of aliphatic hydroxyl groups is 1. The molecule has 0 saturated carbocycles. The standard InChI is InChI=1S/C15H18O/c1-2-3-8-15(16)14-10-9-12-6-4-5-7-13(12)11-14/h1,4-7,14-16H,3,8-11H2. The van der Waals surface area contributed by atoms with Gasteiger partial charge >= 0.3 is 0 Å². The molecule has 1 aromatic rings. The van der Waals surface area contributed by atoms with Crippen LogP contribution in [0.1, 0.15) is 30.4 Å². The topological polar surface area (TPSA) is 20.2 Å². The zero-order valence-corrected chi connectivity index (χ0v) is 9.52. The van der Waals surface area contributed by atoms with E-state index in [1.165, 1.54) is 11.1 Å². The van der Waals surface area contributed by atoms with Gasteiger partial charge in [-0.3, -0.25) is 0 Å². The molecule has 0 bridgehead atoms. The molecule has 0 radical (unpaired) electrons. The van der Waals surface area contributed by atoms with Crippen LogP contribution in [0, 0.1) is 18.3 Å². The van der Waals surface area contributed by atoms with Crippen molar-refractivity contribution in [2.75, 3.05) is 0 Å². The second-order valence-electron chi connectivity index (χ2n) is 4.58. The summed E-state index contributed by atoms with van der Waals surface area (Å²) in [5.41, 5.74) is 2.85. The molecular weight excluding hydrogens is 196 g/mol. The second kappa shape index (κ2) is 5.18. The normalized spacial score (nSPS) is 20.9. The molecule has 0 saturated heterocycles. The van der Waals surface area contributed by atoms with Crippen LogP contribution in [-0.4, -0.2) is 11.2 Å². The highest BCUT2D eigenvalue weighted by atomic mass is 16.3. The molecule has 1 nitrogen and oxygen atoms in total. The summed E-state index contributed by atoms with van der Waals surface area (Å²) in [4.78, 5) is 0. The quantitative estimate of drug-likeness (QED) is 0.767. The molecule has 1 aliphatic carbocycles. The number of terminal acetylenes is 1. The third-order valence-electron chi connectivity index (χ3n) is 3.51.